The predicted octanol–water partition coefficient (Wildman–Crippen LogP) is 3.02. The lowest BCUT2D eigenvalue weighted by Crippen LogP contribution is -1.97. The van der Waals surface area contributed by atoms with Crippen LogP contribution < -0.4 is 0 Å². The fourth-order valence-electron chi connectivity index (χ4n) is 0.854. The van der Waals surface area contributed by atoms with Gasteiger partial charge in [-0.05, 0) is 24.3 Å². The fraction of sp³-hybridized carbons (Fsp3) is 0.500. The molecule has 2 heteroatoms. The molecule has 0 saturated carbocycles. The van der Waals surface area contributed by atoms with Crippen molar-refractivity contribution in [2.75, 3.05) is 6.54 Å². The Bertz CT molecular complexity index is 292. The van der Waals surface area contributed by atoms with Crippen molar-refractivity contribution >= 4 is 26.5 Å². The number of allylic oxidation sites excluding steroid dienone is 1. The molecule has 1 aliphatic heterocycles. The lowest BCUT2D eigenvalue weighted by molar-refractivity contribution is 1.13. The van der Waals surface area contributed by atoms with Gasteiger partial charge in [0.15, 0.2) is 0 Å². The van der Waals surface area contributed by atoms with Gasteiger partial charge in [-0.1, -0.05) is 25.6 Å². The molecule has 0 bridgehead atoms. The van der Waals surface area contributed by atoms with Crippen LogP contribution in [0.25, 0.3) is 0 Å². The van der Waals surface area contributed by atoms with Crippen LogP contribution in [0.1, 0.15) is 27.7 Å². The molecule has 12 heavy (non-hydrogen) atoms. The second kappa shape index (κ2) is 4.51. The molecule has 0 spiro atoms. The van der Waals surface area contributed by atoms with E-state index in [2.05, 4.69) is 30.6 Å². The van der Waals surface area contributed by atoms with Gasteiger partial charge in [-0.3, -0.25) is 4.99 Å². The largest absolute Gasteiger partial charge is 0.283 e. The molecule has 0 aliphatic carbocycles. The van der Waals surface area contributed by atoms with E-state index in [-0.39, 0.29) is 0 Å². The zero-order valence-corrected chi connectivity index (χ0v) is 9.37. The molecule has 0 atom stereocenters. The highest BCUT2D eigenvalue weighted by Crippen LogP contribution is 2.32. The van der Waals surface area contributed by atoms with Crippen molar-refractivity contribution in [3.05, 3.63) is 10.5 Å². The summed E-state index contributed by atoms with van der Waals surface area (Å²) in [6, 6.07) is 0. The minimum atomic E-state index is -1.12. The van der Waals surface area contributed by atoms with E-state index >= 15 is 0 Å². The van der Waals surface area contributed by atoms with E-state index in [9.17, 15) is 0 Å². The van der Waals surface area contributed by atoms with Crippen LogP contribution in [0.4, 0.5) is 0 Å². The highest BCUT2D eigenvalue weighted by molar-refractivity contribution is 8.41. The lowest BCUT2D eigenvalue weighted by atomic mass is 10.3. The molecule has 0 N–H and O–H groups in total. The van der Waals surface area contributed by atoms with Gasteiger partial charge in [0, 0.05) is 5.55 Å². The van der Waals surface area contributed by atoms with Gasteiger partial charge in [-0.25, -0.2) is 0 Å². The Hall–Kier alpha value is -0.500. The number of hydrogen-bond donors (Lipinski definition) is 0. The molecule has 1 rings (SSSR count). The fourth-order valence-corrected chi connectivity index (χ4v) is 2.13. The highest BCUT2D eigenvalue weighted by Gasteiger charge is 2.05. The van der Waals surface area contributed by atoms with E-state index in [1.807, 2.05) is 19.4 Å². The van der Waals surface area contributed by atoms with E-state index in [0.29, 0.717) is 0 Å². The molecule has 1 heterocycles. The molecule has 1 nitrogen and oxygen atoms in total. The molecule has 1 aliphatic rings. The number of nitrogens with zero attached hydrogens (tertiary/aromatic N) is 1. The Balaban J connectivity index is 0.000000561. The first-order valence-corrected chi connectivity index (χ1v) is 6.23. The van der Waals surface area contributed by atoms with Crippen LogP contribution in [0.5, 0.6) is 0 Å². The van der Waals surface area contributed by atoms with Crippen molar-refractivity contribution in [1.82, 2.24) is 0 Å². The zero-order valence-electron chi connectivity index (χ0n) is 8.55. The SMILES string of the molecule is C=S1(=C)C=NCC(C)=C1C.CC. The monoisotopic (exact) mass is 185 g/mol. The van der Waals surface area contributed by atoms with Crippen molar-refractivity contribution in [3.8, 4) is 0 Å². The first-order valence-electron chi connectivity index (χ1n) is 4.20. The summed E-state index contributed by atoms with van der Waals surface area (Å²) in [4.78, 5) is 5.53. The second-order valence-electron chi connectivity index (χ2n) is 2.73. The smallest absolute Gasteiger partial charge is 0.0613 e. The van der Waals surface area contributed by atoms with E-state index in [4.69, 9.17) is 0 Å². The Kier molecular flexibility index (Phi) is 4.32. The topological polar surface area (TPSA) is 12.4 Å². The summed E-state index contributed by atoms with van der Waals surface area (Å²) in [6.45, 7) is 9.05. The molecule has 0 aromatic heterocycles. The molecular weight excluding hydrogens is 166 g/mol. The average molecular weight is 185 g/mol. The highest BCUT2D eigenvalue weighted by atomic mass is 32.2. The molecule has 0 aromatic carbocycles. The van der Waals surface area contributed by atoms with Gasteiger partial charge in [0.25, 0.3) is 0 Å². The first-order chi connectivity index (χ1) is 5.54. The van der Waals surface area contributed by atoms with E-state index in [1.54, 1.807) is 0 Å². The summed E-state index contributed by atoms with van der Waals surface area (Å²) < 4.78 is 0. The van der Waals surface area contributed by atoms with Gasteiger partial charge < -0.3 is 0 Å². The first kappa shape index (κ1) is 11.5. The molecular formula is C10H19NS. The van der Waals surface area contributed by atoms with Crippen LogP contribution in [0.2, 0.25) is 0 Å². The van der Waals surface area contributed by atoms with E-state index in [1.165, 1.54) is 10.5 Å². The molecule has 0 aromatic rings. The minimum absolute atomic E-state index is 0.839. The number of hydrogen-bond acceptors (Lipinski definition) is 1. The van der Waals surface area contributed by atoms with Crippen LogP contribution in [0.3, 0.4) is 0 Å². The molecule has 0 amide bonds. The normalized spacial score (nSPS) is 20.0. The molecule has 0 saturated heterocycles. The quantitative estimate of drug-likeness (QED) is 0.514. The Labute approximate surface area is 76.7 Å². The summed E-state index contributed by atoms with van der Waals surface area (Å²) >= 11 is 0. The van der Waals surface area contributed by atoms with Crippen LogP contribution in [0.15, 0.2) is 15.5 Å². The summed E-state index contributed by atoms with van der Waals surface area (Å²) in [6.07, 6.45) is 0. The Morgan fingerprint density at radius 3 is 2.17 bits per heavy atom. The van der Waals surface area contributed by atoms with Crippen molar-refractivity contribution in [3.63, 3.8) is 0 Å². The summed E-state index contributed by atoms with van der Waals surface area (Å²) in [5, 5.41) is 0. The third kappa shape index (κ3) is 2.52. The van der Waals surface area contributed by atoms with Gasteiger partial charge in [-0.2, -0.15) is 9.21 Å². The van der Waals surface area contributed by atoms with E-state index in [0.717, 1.165) is 6.54 Å². The number of aliphatic imine (C=N–C) groups is 1. The Morgan fingerprint density at radius 1 is 1.33 bits per heavy atom. The van der Waals surface area contributed by atoms with Gasteiger partial charge in [0.1, 0.15) is 0 Å². The van der Waals surface area contributed by atoms with Gasteiger partial charge in [0.2, 0.25) is 0 Å². The summed E-state index contributed by atoms with van der Waals surface area (Å²) in [7, 11) is -1.12. The Morgan fingerprint density at radius 2 is 1.83 bits per heavy atom. The van der Waals surface area contributed by atoms with Crippen LogP contribution in [-0.4, -0.2) is 23.8 Å². The standard InChI is InChI=1S/C8H13NS.C2H6/c1-7-5-9-6-10(3,4)8(7)2;1-2/h6H,3-5H2,1-2H3;1-2H3. The van der Waals surface area contributed by atoms with Crippen LogP contribution >= 0.6 is 9.21 Å². The summed E-state index contributed by atoms with van der Waals surface area (Å²) in [5.41, 5.74) is 3.25. The van der Waals surface area contributed by atoms with Crippen LogP contribution in [-0.2, 0) is 0 Å². The summed E-state index contributed by atoms with van der Waals surface area (Å²) in [5.74, 6) is 8.05. The second-order valence-corrected chi connectivity index (χ2v) is 5.44. The maximum Gasteiger partial charge on any atom is 0.0613 e. The molecule has 0 radical (unpaired) electrons. The van der Waals surface area contributed by atoms with Crippen molar-refractivity contribution in [2.24, 2.45) is 4.99 Å². The molecule has 70 valence electrons. The molecule has 0 fully saturated rings. The van der Waals surface area contributed by atoms with E-state index < -0.39 is 9.21 Å². The average Bonchev–Trinajstić information content (AvgIpc) is 2.04. The number of rotatable bonds is 0. The van der Waals surface area contributed by atoms with Gasteiger partial charge >= 0.3 is 0 Å². The third-order valence-electron chi connectivity index (χ3n) is 1.82. The predicted molar refractivity (Wildman–Crippen MR) is 64.9 cm³/mol. The zero-order chi connectivity index (χ0) is 9.78. The minimum Gasteiger partial charge on any atom is -0.283 e. The van der Waals surface area contributed by atoms with Crippen molar-refractivity contribution in [2.45, 2.75) is 27.7 Å². The third-order valence-corrected chi connectivity index (χ3v) is 3.94. The maximum atomic E-state index is 4.19. The van der Waals surface area contributed by atoms with Crippen molar-refractivity contribution < 1.29 is 0 Å². The lowest BCUT2D eigenvalue weighted by Gasteiger charge is -2.16. The van der Waals surface area contributed by atoms with Crippen molar-refractivity contribution in [1.29, 1.82) is 0 Å². The van der Waals surface area contributed by atoms with Gasteiger partial charge in [-0.15, -0.1) is 0 Å². The molecule has 0 unspecified atom stereocenters. The maximum absolute atomic E-state index is 4.19. The van der Waals surface area contributed by atoms with Crippen LogP contribution in [0, 0.1) is 0 Å². The van der Waals surface area contributed by atoms with Gasteiger partial charge in [0.05, 0.1) is 6.54 Å².